The molecule has 5 heteroatoms. The fourth-order valence-corrected chi connectivity index (χ4v) is 2.47. The number of carbonyl (C=O) groups is 1. The van der Waals surface area contributed by atoms with Gasteiger partial charge in [-0.15, -0.1) is 0 Å². The smallest absolute Gasteiger partial charge is 0.253 e. The number of amides is 1. The molecular formula is C22H22N2O3. The fourth-order valence-electron chi connectivity index (χ4n) is 2.47. The Morgan fingerprint density at radius 2 is 1.74 bits per heavy atom. The summed E-state index contributed by atoms with van der Waals surface area (Å²) < 4.78 is 11.7. The van der Waals surface area contributed by atoms with Gasteiger partial charge in [0.15, 0.2) is 11.5 Å². The van der Waals surface area contributed by atoms with Crippen LogP contribution < -0.4 is 14.8 Å². The number of benzene rings is 2. The van der Waals surface area contributed by atoms with E-state index in [-0.39, 0.29) is 12.0 Å². The summed E-state index contributed by atoms with van der Waals surface area (Å²) in [5.74, 6) is 1.93. The van der Waals surface area contributed by atoms with E-state index < -0.39 is 0 Å². The normalized spacial score (nSPS) is 10.5. The lowest BCUT2D eigenvalue weighted by Crippen LogP contribution is -2.22. The Kier molecular flexibility index (Phi) is 6.05. The summed E-state index contributed by atoms with van der Waals surface area (Å²) in [5, 5.41) is 2.88. The third-order valence-corrected chi connectivity index (χ3v) is 3.74. The molecule has 0 fully saturated rings. The SMILES string of the molecule is CC(C)Oc1ccccc1Oc1ccc(CNC(=O)c2cccnc2)cc1. The first-order valence-electron chi connectivity index (χ1n) is 8.82. The molecule has 0 saturated heterocycles. The van der Waals surface area contributed by atoms with Crippen molar-refractivity contribution in [3.8, 4) is 17.2 Å². The minimum Gasteiger partial charge on any atom is -0.487 e. The van der Waals surface area contributed by atoms with Crippen molar-refractivity contribution < 1.29 is 14.3 Å². The Morgan fingerprint density at radius 1 is 1.00 bits per heavy atom. The number of carbonyl (C=O) groups excluding carboxylic acids is 1. The molecule has 27 heavy (non-hydrogen) atoms. The van der Waals surface area contributed by atoms with Crippen LogP contribution in [0.2, 0.25) is 0 Å². The molecule has 0 bridgehead atoms. The Hall–Kier alpha value is -3.34. The quantitative estimate of drug-likeness (QED) is 0.668. The van der Waals surface area contributed by atoms with Gasteiger partial charge in [0, 0.05) is 18.9 Å². The molecule has 0 aliphatic carbocycles. The summed E-state index contributed by atoms with van der Waals surface area (Å²) in [6.45, 7) is 4.39. The first kappa shape index (κ1) is 18.5. The van der Waals surface area contributed by atoms with Gasteiger partial charge in [0.05, 0.1) is 11.7 Å². The van der Waals surface area contributed by atoms with Crippen LogP contribution in [-0.4, -0.2) is 17.0 Å². The maximum absolute atomic E-state index is 12.1. The highest BCUT2D eigenvalue weighted by molar-refractivity contribution is 5.93. The summed E-state index contributed by atoms with van der Waals surface area (Å²) in [5.41, 5.74) is 1.52. The molecule has 1 heterocycles. The highest BCUT2D eigenvalue weighted by Crippen LogP contribution is 2.31. The zero-order valence-corrected chi connectivity index (χ0v) is 15.4. The molecule has 138 valence electrons. The lowest BCUT2D eigenvalue weighted by Gasteiger charge is -2.14. The van der Waals surface area contributed by atoms with Gasteiger partial charge in [-0.05, 0) is 55.8 Å². The van der Waals surface area contributed by atoms with Crippen LogP contribution in [0.3, 0.4) is 0 Å². The second-order valence-corrected chi connectivity index (χ2v) is 6.28. The first-order chi connectivity index (χ1) is 13.1. The maximum atomic E-state index is 12.1. The van der Waals surface area contributed by atoms with Crippen LogP contribution in [0.5, 0.6) is 17.2 Å². The van der Waals surface area contributed by atoms with E-state index in [1.165, 1.54) is 0 Å². The van der Waals surface area contributed by atoms with E-state index in [2.05, 4.69) is 10.3 Å². The van der Waals surface area contributed by atoms with Crippen molar-refractivity contribution in [2.45, 2.75) is 26.5 Å². The predicted octanol–water partition coefficient (Wildman–Crippen LogP) is 4.59. The molecule has 0 spiro atoms. The van der Waals surface area contributed by atoms with Crippen molar-refractivity contribution in [2.75, 3.05) is 0 Å². The molecule has 0 radical (unpaired) electrons. The molecule has 1 N–H and O–H groups in total. The van der Waals surface area contributed by atoms with Crippen LogP contribution in [0.15, 0.2) is 73.1 Å². The van der Waals surface area contributed by atoms with Crippen LogP contribution in [0, 0.1) is 0 Å². The van der Waals surface area contributed by atoms with Crippen LogP contribution in [-0.2, 0) is 6.54 Å². The topological polar surface area (TPSA) is 60.5 Å². The van der Waals surface area contributed by atoms with Crippen LogP contribution in [0.1, 0.15) is 29.8 Å². The van der Waals surface area contributed by atoms with Crippen molar-refractivity contribution in [3.63, 3.8) is 0 Å². The zero-order chi connectivity index (χ0) is 19.1. The van der Waals surface area contributed by atoms with E-state index in [4.69, 9.17) is 9.47 Å². The van der Waals surface area contributed by atoms with Crippen molar-refractivity contribution in [1.29, 1.82) is 0 Å². The second-order valence-electron chi connectivity index (χ2n) is 6.28. The average molecular weight is 362 g/mol. The van der Waals surface area contributed by atoms with E-state index in [9.17, 15) is 4.79 Å². The summed E-state index contributed by atoms with van der Waals surface area (Å²) in [7, 11) is 0. The number of pyridine rings is 1. The van der Waals surface area contributed by atoms with Gasteiger partial charge < -0.3 is 14.8 Å². The Bertz CT molecular complexity index is 878. The minimum absolute atomic E-state index is 0.0700. The van der Waals surface area contributed by atoms with E-state index in [1.807, 2.05) is 62.4 Å². The minimum atomic E-state index is -0.150. The van der Waals surface area contributed by atoms with Crippen molar-refractivity contribution >= 4 is 5.91 Å². The molecule has 1 amide bonds. The molecule has 0 aliphatic rings. The summed E-state index contributed by atoms with van der Waals surface area (Å²) in [6.07, 6.45) is 3.25. The number of hydrogen-bond donors (Lipinski definition) is 1. The summed E-state index contributed by atoms with van der Waals surface area (Å²) >= 11 is 0. The molecule has 5 nitrogen and oxygen atoms in total. The lowest BCUT2D eigenvalue weighted by molar-refractivity contribution is 0.0950. The Morgan fingerprint density at radius 3 is 2.41 bits per heavy atom. The van der Waals surface area contributed by atoms with Crippen molar-refractivity contribution in [3.05, 3.63) is 84.2 Å². The number of para-hydroxylation sites is 2. The van der Waals surface area contributed by atoms with Crippen LogP contribution in [0.4, 0.5) is 0 Å². The summed E-state index contributed by atoms with van der Waals surface area (Å²) in [6, 6.07) is 18.6. The molecule has 3 rings (SSSR count). The number of rotatable bonds is 7. The van der Waals surface area contributed by atoms with Crippen molar-refractivity contribution in [1.82, 2.24) is 10.3 Å². The van der Waals surface area contributed by atoms with Gasteiger partial charge in [-0.3, -0.25) is 9.78 Å². The molecule has 3 aromatic rings. The average Bonchev–Trinajstić information content (AvgIpc) is 2.69. The van der Waals surface area contributed by atoms with Crippen LogP contribution >= 0.6 is 0 Å². The van der Waals surface area contributed by atoms with Gasteiger partial charge in [0.2, 0.25) is 0 Å². The molecule has 2 aromatic carbocycles. The number of ether oxygens (including phenoxy) is 2. The summed E-state index contributed by atoms with van der Waals surface area (Å²) in [4.78, 5) is 16.0. The van der Waals surface area contributed by atoms with Gasteiger partial charge in [-0.25, -0.2) is 0 Å². The van der Waals surface area contributed by atoms with E-state index in [0.717, 1.165) is 5.56 Å². The molecule has 0 saturated carbocycles. The number of aromatic nitrogens is 1. The van der Waals surface area contributed by atoms with Crippen molar-refractivity contribution in [2.24, 2.45) is 0 Å². The molecule has 0 aliphatic heterocycles. The van der Waals surface area contributed by atoms with Gasteiger partial charge in [0.25, 0.3) is 5.91 Å². The molecule has 0 unspecified atom stereocenters. The zero-order valence-electron chi connectivity index (χ0n) is 15.4. The number of nitrogens with one attached hydrogen (secondary N) is 1. The van der Waals surface area contributed by atoms with Gasteiger partial charge in [0.1, 0.15) is 5.75 Å². The highest BCUT2D eigenvalue weighted by Gasteiger charge is 2.08. The standard InChI is InChI=1S/C22H22N2O3/c1-16(2)26-20-7-3-4-8-21(20)27-19-11-9-17(10-12-19)14-24-22(25)18-6-5-13-23-15-18/h3-13,15-16H,14H2,1-2H3,(H,24,25). The van der Waals surface area contributed by atoms with Gasteiger partial charge in [-0.1, -0.05) is 24.3 Å². The molecule has 0 atom stereocenters. The fraction of sp³-hybridized carbons (Fsp3) is 0.182. The Labute approximate surface area is 159 Å². The number of nitrogens with zero attached hydrogens (tertiary/aromatic N) is 1. The van der Waals surface area contributed by atoms with Gasteiger partial charge >= 0.3 is 0 Å². The number of hydrogen-bond acceptors (Lipinski definition) is 4. The second kappa shape index (κ2) is 8.85. The molecule has 1 aromatic heterocycles. The van der Waals surface area contributed by atoms with Gasteiger partial charge in [-0.2, -0.15) is 0 Å². The van der Waals surface area contributed by atoms with E-state index in [0.29, 0.717) is 29.4 Å². The molecular weight excluding hydrogens is 340 g/mol. The van der Waals surface area contributed by atoms with Crippen LogP contribution in [0.25, 0.3) is 0 Å². The maximum Gasteiger partial charge on any atom is 0.253 e. The Balaban J connectivity index is 1.60. The predicted molar refractivity (Wildman–Crippen MR) is 104 cm³/mol. The van der Waals surface area contributed by atoms with E-state index in [1.54, 1.807) is 24.5 Å². The first-order valence-corrected chi connectivity index (χ1v) is 8.82. The lowest BCUT2D eigenvalue weighted by atomic mass is 10.2. The van der Waals surface area contributed by atoms with E-state index >= 15 is 0 Å². The third kappa shape index (κ3) is 5.31. The third-order valence-electron chi connectivity index (χ3n) is 3.74. The highest BCUT2D eigenvalue weighted by atomic mass is 16.5. The monoisotopic (exact) mass is 362 g/mol. The largest absolute Gasteiger partial charge is 0.487 e.